The quantitative estimate of drug-likeness (QED) is 0.931. The molecule has 19 heavy (non-hydrogen) atoms. The topological polar surface area (TPSA) is 51.1 Å². The lowest BCUT2D eigenvalue weighted by Crippen LogP contribution is -2.41. The average Bonchev–Trinajstić information content (AvgIpc) is 2.68. The third-order valence-corrected chi connectivity index (χ3v) is 5.98. The normalized spacial score (nSPS) is 13.1. The fourth-order valence-corrected chi connectivity index (χ4v) is 4.03. The second-order valence-electron chi connectivity index (χ2n) is 5.41. The molecule has 0 aliphatic carbocycles. The van der Waals surface area contributed by atoms with Gasteiger partial charge < -0.3 is 9.88 Å². The van der Waals surface area contributed by atoms with Crippen molar-refractivity contribution in [1.29, 1.82) is 0 Å². The van der Waals surface area contributed by atoms with Crippen molar-refractivity contribution in [1.82, 2.24) is 9.88 Å². The summed E-state index contributed by atoms with van der Waals surface area (Å²) in [6.07, 6.45) is 1.71. The number of aryl methyl sites for hydroxylation is 1. The first kappa shape index (κ1) is 14.1. The van der Waals surface area contributed by atoms with Gasteiger partial charge in [0, 0.05) is 30.7 Å². The van der Waals surface area contributed by atoms with Crippen LogP contribution in [0.4, 0.5) is 0 Å². The van der Waals surface area contributed by atoms with E-state index in [1.54, 1.807) is 27.1 Å². The number of para-hydroxylation sites is 1. The van der Waals surface area contributed by atoms with Crippen molar-refractivity contribution in [2.24, 2.45) is 7.05 Å². The highest BCUT2D eigenvalue weighted by atomic mass is 32.2. The van der Waals surface area contributed by atoms with E-state index in [0.717, 1.165) is 10.9 Å². The first-order valence-electron chi connectivity index (χ1n) is 6.24. The van der Waals surface area contributed by atoms with Crippen molar-refractivity contribution in [3.8, 4) is 0 Å². The maximum absolute atomic E-state index is 12.8. The van der Waals surface area contributed by atoms with E-state index < -0.39 is 14.6 Å². The second-order valence-corrected chi connectivity index (χ2v) is 7.97. The Morgan fingerprint density at radius 2 is 1.89 bits per heavy atom. The molecule has 5 heteroatoms. The summed E-state index contributed by atoms with van der Waals surface area (Å²) in [5.41, 5.74) is 0.932. The molecule has 0 bridgehead atoms. The Kier molecular flexibility index (Phi) is 3.45. The number of benzene rings is 1. The molecular formula is C14H20N2O2S. The zero-order chi connectivity index (χ0) is 14.3. The molecule has 0 atom stereocenters. The van der Waals surface area contributed by atoms with Crippen molar-refractivity contribution in [3.63, 3.8) is 0 Å². The Morgan fingerprint density at radius 1 is 1.26 bits per heavy atom. The van der Waals surface area contributed by atoms with Crippen LogP contribution in [0.2, 0.25) is 0 Å². The molecule has 2 aromatic rings. The van der Waals surface area contributed by atoms with Crippen LogP contribution in [0.1, 0.15) is 13.8 Å². The summed E-state index contributed by atoms with van der Waals surface area (Å²) in [6, 6.07) is 7.57. The van der Waals surface area contributed by atoms with Gasteiger partial charge in [-0.2, -0.15) is 0 Å². The lowest BCUT2D eigenvalue weighted by atomic mass is 10.2. The highest BCUT2D eigenvalue weighted by molar-refractivity contribution is 7.93. The number of fused-ring (bicyclic) bond motifs is 1. The number of rotatable bonds is 4. The van der Waals surface area contributed by atoms with Crippen LogP contribution < -0.4 is 5.32 Å². The summed E-state index contributed by atoms with van der Waals surface area (Å²) >= 11 is 0. The number of hydrogen-bond donors (Lipinski definition) is 1. The monoisotopic (exact) mass is 280 g/mol. The van der Waals surface area contributed by atoms with Crippen molar-refractivity contribution in [2.75, 3.05) is 13.6 Å². The minimum absolute atomic E-state index is 0.408. The first-order valence-corrected chi connectivity index (χ1v) is 7.73. The Bertz CT molecular complexity index is 699. The lowest BCUT2D eigenvalue weighted by Gasteiger charge is -2.24. The summed E-state index contributed by atoms with van der Waals surface area (Å²) in [5.74, 6) is 0. The highest BCUT2D eigenvalue weighted by Crippen LogP contribution is 2.31. The van der Waals surface area contributed by atoms with Gasteiger partial charge >= 0.3 is 0 Å². The molecule has 2 rings (SSSR count). The smallest absolute Gasteiger partial charge is 0.186 e. The van der Waals surface area contributed by atoms with Crippen molar-refractivity contribution in [2.45, 2.75) is 23.5 Å². The van der Waals surface area contributed by atoms with Gasteiger partial charge in [-0.25, -0.2) is 8.42 Å². The van der Waals surface area contributed by atoms with Crippen LogP contribution in [0.3, 0.4) is 0 Å². The fraction of sp³-hybridized carbons (Fsp3) is 0.429. The number of aromatic nitrogens is 1. The SMILES string of the molecule is CNCC(C)(C)S(=O)(=O)c1cn(C)c2ccccc12. The molecule has 0 unspecified atom stereocenters. The highest BCUT2D eigenvalue weighted by Gasteiger charge is 2.37. The largest absolute Gasteiger partial charge is 0.349 e. The zero-order valence-corrected chi connectivity index (χ0v) is 12.6. The van der Waals surface area contributed by atoms with Gasteiger partial charge in [-0.05, 0) is 27.0 Å². The molecule has 1 heterocycles. The standard InChI is InChI=1S/C14H20N2O2S/c1-14(2,10-15-3)19(17,18)13-9-16(4)12-8-6-5-7-11(12)13/h5-9,15H,10H2,1-4H3. The van der Waals surface area contributed by atoms with Gasteiger partial charge in [0.1, 0.15) is 0 Å². The molecule has 1 aromatic carbocycles. The van der Waals surface area contributed by atoms with Gasteiger partial charge in [-0.15, -0.1) is 0 Å². The van der Waals surface area contributed by atoms with E-state index in [9.17, 15) is 8.42 Å². The fourth-order valence-electron chi connectivity index (χ4n) is 2.34. The van der Waals surface area contributed by atoms with Crippen LogP contribution in [0.15, 0.2) is 35.4 Å². The molecule has 0 aliphatic rings. The number of hydrogen-bond acceptors (Lipinski definition) is 3. The predicted molar refractivity (Wildman–Crippen MR) is 78.1 cm³/mol. The Hall–Kier alpha value is -1.33. The minimum atomic E-state index is -3.39. The summed E-state index contributed by atoms with van der Waals surface area (Å²) in [4.78, 5) is 0.408. The Morgan fingerprint density at radius 3 is 2.53 bits per heavy atom. The van der Waals surface area contributed by atoms with E-state index in [-0.39, 0.29) is 0 Å². The van der Waals surface area contributed by atoms with Gasteiger partial charge in [0.2, 0.25) is 0 Å². The minimum Gasteiger partial charge on any atom is -0.349 e. The summed E-state index contributed by atoms with van der Waals surface area (Å²) in [5, 5.41) is 3.74. The average molecular weight is 280 g/mol. The van der Waals surface area contributed by atoms with Crippen molar-refractivity contribution >= 4 is 20.7 Å². The number of nitrogens with zero attached hydrogens (tertiary/aromatic N) is 1. The molecular weight excluding hydrogens is 260 g/mol. The molecule has 0 amide bonds. The van der Waals surface area contributed by atoms with E-state index in [1.165, 1.54) is 0 Å². The van der Waals surface area contributed by atoms with Gasteiger partial charge in [-0.3, -0.25) is 0 Å². The van der Waals surface area contributed by atoms with Crippen molar-refractivity contribution < 1.29 is 8.42 Å². The van der Waals surface area contributed by atoms with Gasteiger partial charge in [0.25, 0.3) is 0 Å². The van der Waals surface area contributed by atoms with Crippen LogP contribution in [-0.4, -0.2) is 31.3 Å². The molecule has 4 nitrogen and oxygen atoms in total. The van der Waals surface area contributed by atoms with Crippen LogP contribution >= 0.6 is 0 Å². The number of nitrogens with one attached hydrogen (secondary N) is 1. The van der Waals surface area contributed by atoms with Gasteiger partial charge in [0.05, 0.1) is 9.64 Å². The molecule has 1 N–H and O–H groups in total. The van der Waals surface area contributed by atoms with E-state index >= 15 is 0 Å². The molecule has 0 fully saturated rings. The maximum Gasteiger partial charge on any atom is 0.186 e. The van der Waals surface area contributed by atoms with Gasteiger partial charge in [-0.1, -0.05) is 18.2 Å². The van der Waals surface area contributed by atoms with Crippen LogP contribution in [-0.2, 0) is 16.9 Å². The third-order valence-electron chi connectivity index (χ3n) is 3.48. The first-order chi connectivity index (χ1) is 8.81. The van der Waals surface area contributed by atoms with Crippen LogP contribution in [0.5, 0.6) is 0 Å². The molecule has 1 aromatic heterocycles. The molecule has 0 radical (unpaired) electrons. The predicted octanol–water partition coefficient (Wildman–Crippen LogP) is 1.95. The zero-order valence-electron chi connectivity index (χ0n) is 11.8. The van der Waals surface area contributed by atoms with E-state index in [0.29, 0.717) is 11.4 Å². The van der Waals surface area contributed by atoms with Crippen LogP contribution in [0.25, 0.3) is 10.9 Å². The molecule has 0 spiro atoms. The van der Waals surface area contributed by atoms with E-state index in [1.807, 2.05) is 35.9 Å². The molecule has 0 aliphatic heterocycles. The lowest BCUT2D eigenvalue weighted by molar-refractivity contribution is 0.532. The van der Waals surface area contributed by atoms with E-state index in [2.05, 4.69) is 5.32 Å². The summed E-state index contributed by atoms with van der Waals surface area (Å²) in [7, 11) is 0.242. The Balaban J connectivity index is 2.68. The summed E-state index contributed by atoms with van der Waals surface area (Å²) in [6.45, 7) is 3.92. The van der Waals surface area contributed by atoms with Crippen molar-refractivity contribution in [3.05, 3.63) is 30.5 Å². The molecule has 104 valence electrons. The van der Waals surface area contributed by atoms with Gasteiger partial charge in [0.15, 0.2) is 9.84 Å². The second kappa shape index (κ2) is 4.65. The van der Waals surface area contributed by atoms with E-state index in [4.69, 9.17) is 0 Å². The molecule has 0 saturated heterocycles. The number of sulfone groups is 1. The molecule has 0 saturated carbocycles. The van der Waals surface area contributed by atoms with Crippen LogP contribution in [0, 0.1) is 0 Å². The maximum atomic E-state index is 12.8. The Labute approximate surface area is 114 Å². The summed E-state index contributed by atoms with van der Waals surface area (Å²) < 4.78 is 26.7. The third kappa shape index (κ3) is 2.17.